The maximum atomic E-state index is 5.62. The molecule has 0 aliphatic rings. The van der Waals surface area contributed by atoms with Gasteiger partial charge in [0, 0.05) is 12.2 Å². The van der Waals surface area contributed by atoms with Crippen LogP contribution >= 0.6 is 12.2 Å². The molecule has 0 spiro atoms. The Morgan fingerprint density at radius 1 is 1.41 bits per heavy atom. The maximum absolute atomic E-state index is 5.62. The van der Waals surface area contributed by atoms with Gasteiger partial charge in [0.1, 0.15) is 17.1 Å². The first-order valence-electron chi connectivity index (χ1n) is 5.87. The molecular weight excluding hydrogens is 232 g/mol. The fourth-order valence-electron chi connectivity index (χ4n) is 1.51. The molecule has 94 valence electrons. The topological polar surface area (TPSA) is 63.8 Å². The Balaban J connectivity index is 2.64. The third kappa shape index (κ3) is 4.65. The third-order valence-electron chi connectivity index (χ3n) is 2.54. The third-order valence-corrected chi connectivity index (χ3v) is 2.76. The van der Waals surface area contributed by atoms with Gasteiger partial charge in [-0.25, -0.2) is 9.97 Å². The van der Waals surface area contributed by atoms with Crippen LogP contribution in [0.5, 0.6) is 0 Å². The minimum atomic E-state index is 0.323. The molecule has 0 amide bonds. The molecule has 1 unspecified atom stereocenters. The molecule has 3 N–H and O–H groups in total. The van der Waals surface area contributed by atoms with Gasteiger partial charge in [-0.3, -0.25) is 0 Å². The van der Waals surface area contributed by atoms with Crippen LogP contribution in [0.3, 0.4) is 0 Å². The number of thiocarbonyl (C=S) groups is 1. The van der Waals surface area contributed by atoms with Crippen molar-refractivity contribution in [1.29, 1.82) is 0 Å². The summed E-state index contributed by atoms with van der Waals surface area (Å²) in [5, 5.41) is 3.33. The normalized spacial score (nSPS) is 12.5. The van der Waals surface area contributed by atoms with E-state index in [1.54, 1.807) is 6.20 Å². The van der Waals surface area contributed by atoms with Crippen LogP contribution in [0.4, 0.5) is 5.82 Å². The van der Waals surface area contributed by atoms with E-state index in [-0.39, 0.29) is 0 Å². The van der Waals surface area contributed by atoms with Gasteiger partial charge >= 0.3 is 0 Å². The van der Waals surface area contributed by atoms with Gasteiger partial charge in [0.15, 0.2) is 0 Å². The number of aromatic nitrogens is 2. The van der Waals surface area contributed by atoms with E-state index in [4.69, 9.17) is 18.0 Å². The average Bonchev–Trinajstić information content (AvgIpc) is 2.27. The van der Waals surface area contributed by atoms with Gasteiger partial charge in [0.25, 0.3) is 0 Å². The second-order valence-corrected chi connectivity index (χ2v) is 5.11. The lowest BCUT2D eigenvalue weighted by atomic mass is 10.0. The molecule has 5 heteroatoms. The second-order valence-electron chi connectivity index (χ2n) is 4.67. The number of hydrogen-bond acceptors (Lipinski definition) is 4. The molecule has 17 heavy (non-hydrogen) atoms. The Kier molecular flexibility index (Phi) is 5.28. The SMILES string of the molecule is CC(C)CCC(C)Nc1ncncc1C(N)=S. The molecule has 1 aromatic rings. The highest BCUT2D eigenvalue weighted by Gasteiger charge is 2.10. The largest absolute Gasteiger partial charge is 0.389 e. The van der Waals surface area contributed by atoms with Crippen molar-refractivity contribution in [3.05, 3.63) is 18.1 Å². The summed E-state index contributed by atoms with van der Waals surface area (Å²) < 4.78 is 0. The van der Waals surface area contributed by atoms with E-state index in [0.717, 1.165) is 12.2 Å². The summed E-state index contributed by atoms with van der Waals surface area (Å²) in [6.07, 6.45) is 5.42. The smallest absolute Gasteiger partial charge is 0.139 e. The second kappa shape index (κ2) is 6.49. The highest BCUT2D eigenvalue weighted by Crippen LogP contribution is 2.14. The lowest BCUT2D eigenvalue weighted by molar-refractivity contribution is 0.527. The van der Waals surface area contributed by atoms with Crippen LogP contribution in [-0.2, 0) is 0 Å². The van der Waals surface area contributed by atoms with Crippen molar-refractivity contribution >= 4 is 23.0 Å². The number of nitrogens with zero attached hydrogens (tertiary/aromatic N) is 2. The van der Waals surface area contributed by atoms with Crippen LogP contribution in [0, 0.1) is 5.92 Å². The van der Waals surface area contributed by atoms with Gasteiger partial charge in [-0.15, -0.1) is 0 Å². The molecule has 0 aliphatic heterocycles. The number of nitrogens with one attached hydrogen (secondary N) is 1. The maximum Gasteiger partial charge on any atom is 0.139 e. The molecule has 0 fully saturated rings. The Labute approximate surface area is 108 Å². The van der Waals surface area contributed by atoms with Gasteiger partial charge in [-0.1, -0.05) is 26.1 Å². The predicted octanol–water partition coefficient (Wildman–Crippen LogP) is 2.35. The molecule has 1 rings (SSSR count). The number of rotatable bonds is 6. The molecule has 1 atom stereocenters. The Hall–Kier alpha value is -1.23. The molecule has 1 heterocycles. The van der Waals surface area contributed by atoms with E-state index >= 15 is 0 Å². The van der Waals surface area contributed by atoms with Crippen LogP contribution in [0.1, 0.15) is 39.2 Å². The number of nitrogens with two attached hydrogens (primary N) is 1. The van der Waals surface area contributed by atoms with E-state index in [9.17, 15) is 0 Å². The first kappa shape index (κ1) is 13.8. The van der Waals surface area contributed by atoms with Crippen molar-refractivity contribution in [2.45, 2.75) is 39.7 Å². The molecule has 4 nitrogen and oxygen atoms in total. The van der Waals surface area contributed by atoms with Crippen LogP contribution in [-0.4, -0.2) is 21.0 Å². The van der Waals surface area contributed by atoms with Gasteiger partial charge < -0.3 is 11.1 Å². The summed E-state index contributed by atoms with van der Waals surface area (Å²) in [5.41, 5.74) is 6.33. The Morgan fingerprint density at radius 2 is 2.12 bits per heavy atom. The summed E-state index contributed by atoms with van der Waals surface area (Å²) in [5.74, 6) is 1.43. The van der Waals surface area contributed by atoms with Gasteiger partial charge in [0.2, 0.25) is 0 Å². The molecule has 0 radical (unpaired) electrons. The van der Waals surface area contributed by atoms with Gasteiger partial charge in [0.05, 0.1) is 5.56 Å². The standard InChI is InChI=1S/C12H20N4S/c1-8(2)4-5-9(3)16-12-10(11(13)17)6-14-7-15-12/h6-9H,4-5H2,1-3H3,(H2,13,17)(H,14,15,16). The van der Waals surface area contributed by atoms with E-state index in [1.807, 2.05) is 0 Å². The van der Waals surface area contributed by atoms with E-state index in [1.165, 1.54) is 12.7 Å². The van der Waals surface area contributed by atoms with Gasteiger partial charge in [-0.2, -0.15) is 0 Å². The molecule has 1 aromatic heterocycles. The molecule has 0 saturated carbocycles. The lowest BCUT2D eigenvalue weighted by Gasteiger charge is -2.17. The van der Waals surface area contributed by atoms with Gasteiger partial charge in [-0.05, 0) is 25.7 Å². The molecular formula is C12H20N4S. The molecule has 0 aromatic carbocycles. The highest BCUT2D eigenvalue weighted by atomic mass is 32.1. The van der Waals surface area contributed by atoms with Crippen molar-refractivity contribution < 1.29 is 0 Å². The fourth-order valence-corrected chi connectivity index (χ4v) is 1.66. The fraction of sp³-hybridized carbons (Fsp3) is 0.583. The minimum absolute atomic E-state index is 0.323. The summed E-state index contributed by atoms with van der Waals surface area (Å²) >= 11 is 4.97. The lowest BCUT2D eigenvalue weighted by Crippen LogP contribution is -2.21. The summed E-state index contributed by atoms with van der Waals surface area (Å²) in [6.45, 7) is 6.57. The first-order valence-corrected chi connectivity index (χ1v) is 6.28. The monoisotopic (exact) mass is 252 g/mol. The summed E-state index contributed by atoms with van der Waals surface area (Å²) in [6, 6.07) is 0.348. The molecule has 0 aliphatic carbocycles. The first-order chi connectivity index (χ1) is 8.00. The Morgan fingerprint density at radius 3 is 2.71 bits per heavy atom. The summed E-state index contributed by atoms with van der Waals surface area (Å²) in [4.78, 5) is 8.43. The zero-order valence-electron chi connectivity index (χ0n) is 10.6. The van der Waals surface area contributed by atoms with Crippen LogP contribution in [0.2, 0.25) is 0 Å². The zero-order chi connectivity index (χ0) is 12.8. The van der Waals surface area contributed by atoms with Crippen molar-refractivity contribution in [3.63, 3.8) is 0 Å². The number of anilines is 1. The van der Waals surface area contributed by atoms with E-state index in [2.05, 4.69) is 36.1 Å². The summed E-state index contributed by atoms with van der Waals surface area (Å²) in [7, 11) is 0. The quantitative estimate of drug-likeness (QED) is 0.761. The minimum Gasteiger partial charge on any atom is -0.389 e. The van der Waals surface area contributed by atoms with Crippen LogP contribution in [0.25, 0.3) is 0 Å². The van der Waals surface area contributed by atoms with Crippen LogP contribution in [0.15, 0.2) is 12.5 Å². The predicted molar refractivity (Wildman–Crippen MR) is 75.1 cm³/mol. The number of hydrogen-bond donors (Lipinski definition) is 2. The van der Waals surface area contributed by atoms with Crippen molar-refractivity contribution in [2.24, 2.45) is 11.7 Å². The van der Waals surface area contributed by atoms with Crippen molar-refractivity contribution in [3.8, 4) is 0 Å². The Bertz CT molecular complexity index is 379. The highest BCUT2D eigenvalue weighted by molar-refractivity contribution is 7.80. The zero-order valence-corrected chi connectivity index (χ0v) is 11.4. The van der Waals surface area contributed by atoms with Crippen molar-refractivity contribution in [2.75, 3.05) is 5.32 Å². The molecule has 0 saturated heterocycles. The van der Waals surface area contributed by atoms with E-state index < -0.39 is 0 Å². The van der Waals surface area contributed by atoms with E-state index in [0.29, 0.717) is 22.5 Å². The average molecular weight is 252 g/mol. The van der Waals surface area contributed by atoms with Crippen LogP contribution < -0.4 is 11.1 Å². The van der Waals surface area contributed by atoms with Crippen molar-refractivity contribution in [1.82, 2.24) is 9.97 Å². The molecule has 0 bridgehead atoms.